The zero-order valence-electron chi connectivity index (χ0n) is 9.71. The lowest BCUT2D eigenvalue weighted by molar-refractivity contribution is -0.117. The van der Waals surface area contributed by atoms with E-state index in [1.807, 2.05) is 0 Å². The van der Waals surface area contributed by atoms with Crippen molar-refractivity contribution in [1.82, 2.24) is 4.98 Å². The quantitative estimate of drug-likeness (QED) is 0.822. The minimum atomic E-state index is -4.59. The van der Waals surface area contributed by atoms with Crippen LogP contribution in [0.3, 0.4) is 0 Å². The van der Waals surface area contributed by atoms with Crippen LogP contribution in [0, 0.1) is 5.92 Å². The summed E-state index contributed by atoms with van der Waals surface area (Å²) in [5.74, 6) is -1.51. The van der Waals surface area contributed by atoms with Gasteiger partial charge in [0, 0.05) is 25.1 Å². The molecule has 2 N–H and O–H groups in total. The van der Waals surface area contributed by atoms with Gasteiger partial charge >= 0.3 is 10.2 Å². The first-order chi connectivity index (χ1) is 8.78. The Hall–Kier alpha value is -1.22. The van der Waals surface area contributed by atoms with Crippen molar-refractivity contribution >= 4 is 43.4 Å². The summed E-state index contributed by atoms with van der Waals surface area (Å²) in [6, 6.07) is 0. The Morgan fingerprint density at radius 1 is 1.53 bits per heavy atom. The third kappa shape index (κ3) is 3.21. The summed E-state index contributed by atoms with van der Waals surface area (Å²) < 4.78 is 34.4. The van der Waals surface area contributed by atoms with E-state index in [-0.39, 0.29) is 18.9 Å². The molecule has 1 saturated heterocycles. The molecule has 0 radical (unpaired) electrons. The lowest BCUT2D eigenvalue weighted by Gasteiger charge is -2.19. The predicted octanol–water partition coefficient (Wildman–Crippen LogP) is 1.08. The first-order valence-corrected chi connectivity index (χ1v) is 7.74. The zero-order valence-corrected chi connectivity index (χ0v) is 12.1. The minimum absolute atomic E-state index is 0.0165. The van der Waals surface area contributed by atoms with Gasteiger partial charge in [-0.25, -0.2) is 0 Å². The molecule has 1 unspecified atom stereocenters. The number of amides is 1. The largest absolute Gasteiger partial charge is 0.396 e. The van der Waals surface area contributed by atoms with Crippen molar-refractivity contribution in [1.29, 1.82) is 0 Å². The van der Waals surface area contributed by atoms with Gasteiger partial charge in [0.25, 0.3) is 0 Å². The lowest BCUT2D eigenvalue weighted by Crippen LogP contribution is -2.26. The van der Waals surface area contributed by atoms with Crippen LogP contribution in [0.5, 0.6) is 0 Å². The molecule has 0 aliphatic carbocycles. The highest BCUT2D eigenvalue weighted by Gasteiger charge is 2.35. The highest BCUT2D eigenvalue weighted by Crippen LogP contribution is 2.35. The number of anilines is 2. The molecule has 0 aromatic carbocycles. The van der Waals surface area contributed by atoms with Gasteiger partial charge in [0.2, 0.25) is 5.91 Å². The summed E-state index contributed by atoms with van der Waals surface area (Å²) in [6.45, 7) is 0.120. The number of nitrogen functional groups attached to an aromatic ring is 1. The Labute approximate surface area is 118 Å². The first kappa shape index (κ1) is 14.2. The fraction of sp³-hybridized carbons (Fsp3) is 0.400. The molecule has 1 atom stereocenters. The summed E-state index contributed by atoms with van der Waals surface area (Å²) in [5.41, 5.74) is 6.50. The SMILES string of the molecule is Nc1cncc(Br)c1N1CC(CS(=O)(=O)F)CC1=O. The van der Waals surface area contributed by atoms with E-state index >= 15 is 0 Å². The van der Waals surface area contributed by atoms with Gasteiger partial charge in [0.15, 0.2) is 0 Å². The molecule has 104 valence electrons. The van der Waals surface area contributed by atoms with E-state index in [1.54, 1.807) is 0 Å². The Morgan fingerprint density at radius 3 is 2.79 bits per heavy atom. The van der Waals surface area contributed by atoms with Gasteiger partial charge < -0.3 is 10.6 Å². The Morgan fingerprint density at radius 2 is 2.21 bits per heavy atom. The van der Waals surface area contributed by atoms with Crippen LogP contribution in [-0.4, -0.2) is 31.6 Å². The molecule has 2 heterocycles. The fourth-order valence-corrected chi connectivity index (χ4v) is 3.47. The summed E-state index contributed by atoms with van der Waals surface area (Å²) >= 11 is 3.24. The van der Waals surface area contributed by atoms with Crippen LogP contribution < -0.4 is 10.6 Å². The third-order valence-electron chi connectivity index (χ3n) is 2.81. The molecular formula is C10H11BrFN3O3S. The van der Waals surface area contributed by atoms with Crippen LogP contribution in [0.25, 0.3) is 0 Å². The number of hydrogen-bond donors (Lipinski definition) is 1. The second kappa shape index (κ2) is 5.04. The van der Waals surface area contributed by atoms with Crippen molar-refractivity contribution in [3.05, 3.63) is 16.9 Å². The second-order valence-corrected chi connectivity index (χ2v) is 6.60. The average Bonchev–Trinajstić information content (AvgIpc) is 2.56. The predicted molar refractivity (Wildman–Crippen MR) is 71.7 cm³/mol. The topological polar surface area (TPSA) is 93.4 Å². The number of rotatable bonds is 3. The van der Waals surface area contributed by atoms with Crippen LogP contribution in [0.4, 0.5) is 15.3 Å². The van der Waals surface area contributed by atoms with Crippen LogP contribution in [0.1, 0.15) is 6.42 Å². The van der Waals surface area contributed by atoms with Gasteiger partial charge in [0.1, 0.15) is 0 Å². The maximum absolute atomic E-state index is 12.7. The van der Waals surface area contributed by atoms with Crippen molar-refractivity contribution in [3.63, 3.8) is 0 Å². The molecule has 1 aliphatic rings. The summed E-state index contributed by atoms with van der Waals surface area (Å²) in [5, 5.41) is 0. The molecule has 1 aromatic rings. The molecule has 9 heteroatoms. The zero-order chi connectivity index (χ0) is 14.2. The average molecular weight is 352 g/mol. The van der Waals surface area contributed by atoms with E-state index in [1.165, 1.54) is 17.3 Å². The molecule has 1 aliphatic heterocycles. The third-order valence-corrected chi connectivity index (χ3v) is 4.26. The number of pyridine rings is 1. The molecule has 2 rings (SSSR count). The first-order valence-electron chi connectivity index (χ1n) is 5.39. The summed E-state index contributed by atoms with van der Waals surface area (Å²) in [4.78, 5) is 17.1. The van der Waals surface area contributed by atoms with Gasteiger partial charge in [0.05, 0.1) is 27.8 Å². The Bertz CT molecular complexity index is 602. The maximum Gasteiger partial charge on any atom is 0.302 e. The number of halogens is 2. The fourth-order valence-electron chi connectivity index (χ4n) is 2.12. The summed E-state index contributed by atoms with van der Waals surface area (Å²) in [7, 11) is -4.59. The van der Waals surface area contributed by atoms with E-state index in [9.17, 15) is 17.1 Å². The van der Waals surface area contributed by atoms with E-state index in [0.717, 1.165) is 0 Å². The van der Waals surface area contributed by atoms with Crippen molar-refractivity contribution in [3.8, 4) is 0 Å². The van der Waals surface area contributed by atoms with E-state index in [4.69, 9.17) is 5.73 Å². The molecule has 1 amide bonds. The number of carbonyl (C=O) groups is 1. The van der Waals surface area contributed by atoms with E-state index < -0.39 is 21.9 Å². The molecular weight excluding hydrogens is 341 g/mol. The van der Waals surface area contributed by atoms with Crippen LogP contribution in [-0.2, 0) is 15.0 Å². The van der Waals surface area contributed by atoms with Crippen molar-refractivity contribution < 1.29 is 17.1 Å². The minimum Gasteiger partial charge on any atom is -0.396 e. The highest BCUT2D eigenvalue weighted by atomic mass is 79.9. The number of nitrogens with zero attached hydrogens (tertiary/aromatic N) is 2. The molecule has 19 heavy (non-hydrogen) atoms. The number of carbonyl (C=O) groups excluding carboxylic acids is 1. The van der Waals surface area contributed by atoms with Crippen LogP contribution in [0.2, 0.25) is 0 Å². The number of aromatic nitrogens is 1. The monoisotopic (exact) mass is 351 g/mol. The molecule has 0 spiro atoms. The number of nitrogens with two attached hydrogens (primary N) is 1. The van der Waals surface area contributed by atoms with Gasteiger partial charge in [-0.2, -0.15) is 8.42 Å². The standard InChI is InChI=1S/C10H11BrFN3O3S/c11-7-2-14-3-8(13)10(7)15-4-6(1-9(15)16)5-19(12,17)18/h2-3,6H,1,4-5,13H2. The van der Waals surface area contributed by atoms with Crippen LogP contribution >= 0.6 is 15.9 Å². The summed E-state index contributed by atoms with van der Waals surface area (Å²) in [6.07, 6.45) is 2.86. The highest BCUT2D eigenvalue weighted by molar-refractivity contribution is 9.10. The van der Waals surface area contributed by atoms with E-state index in [0.29, 0.717) is 15.8 Å². The smallest absolute Gasteiger partial charge is 0.302 e. The van der Waals surface area contributed by atoms with Gasteiger partial charge in [-0.15, -0.1) is 3.89 Å². The molecule has 6 nitrogen and oxygen atoms in total. The molecule has 0 bridgehead atoms. The Balaban J connectivity index is 2.26. The lowest BCUT2D eigenvalue weighted by atomic mass is 10.1. The van der Waals surface area contributed by atoms with Crippen molar-refractivity contribution in [2.24, 2.45) is 5.92 Å². The normalized spacial score (nSPS) is 20.0. The van der Waals surface area contributed by atoms with Crippen LogP contribution in [0.15, 0.2) is 16.9 Å². The maximum atomic E-state index is 12.7. The van der Waals surface area contributed by atoms with Gasteiger partial charge in [-0.3, -0.25) is 9.78 Å². The van der Waals surface area contributed by atoms with Crippen molar-refractivity contribution in [2.75, 3.05) is 22.9 Å². The van der Waals surface area contributed by atoms with Crippen molar-refractivity contribution in [2.45, 2.75) is 6.42 Å². The van der Waals surface area contributed by atoms with Gasteiger partial charge in [-0.05, 0) is 15.9 Å². The Kier molecular flexibility index (Phi) is 3.77. The second-order valence-electron chi connectivity index (χ2n) is 4.34. The van der Waals surface area contributed by atoms with Gasteiger partial charge in [-0.1, -0.05) is 0 Å². The molecule has 1 aromatic heterocycles. The molecule has 0 saturated carbocycles. The van der Waals surface area contributed by atoms with E-state index in [2.05, 4.69) is 20.9 Å². The number of hydrogen-bond acceptors (Lipinski definition) is 5. The molecule has 1 fully saturated rings.